The van der Waals surface area contributed by atoms with Crippen molar-refractivity contribution in [2.24, 2.45) is 10.8 Å². The molecular weight excluding hydrogens is 785 g/mol. The lowest BCUT2D eigenvalue weighted by molar-refractivity contribution is 0.376. The molecule has 0 spiro atoms. The van der Waals surface area contributed by atoms with Crippen molar-refractivity contribution in [3.05, 3.63) is 154 Å². The Labute approximate surface area is 363 Å². The first kappa shape index (κ1) is 48.3. The van der Waals surface area contributed by atoms with Gasteiger partial charge in [0.1, 0.15) is 0 Å². The molecule has 2 unspecified atom stereocenters. The Hall–Kier alpha value is -3.39. The number of benzene rings is 2. The van der Waals surface area contributed by atoms with Crippen LogP contribution < -0.4 is 0 Å². The van der Waals surface area contributed by atoms with Gasteiger partial charge in [0.25, 0.3) is 0 Å². The van der Waals surface area contributed by atoms with Gasteiger partial charge >= 0.3 is 0 Å². The van der Waals surface area contributed by atoms with E-state index in [2.05, 4.69) is 78.0 Å². The summed E-state index contributed by atoms with van der Waals surface area (Å²) in [6, 6.07) is 17.5. The van der Waals surface area contributed by atoms with Crippen LogP contribution in [-0.2, 0) is 19.7 Å². The third-order valence-electron chi connectivity index (χ3n) is 12.1. The molecule has 2 atom stereocenters. The van der Waals surface area contributed by atoms with Gasteiger partial charge in [-0.1, -0.05) is 146 Å². The van der Waals surface area contributed by atoms with Crippen LogP contribution in [-0.4, -0.2) is 38.8 Å². The highest BCUT2D eigenvalue weighted by atomic mass is 32.2. The van der Waals surface area contributed by atoms with Gasteiger partial charge in [0.05, 0.1) is 20.3 Å². The molecule has 0 bridgehead atoms. The maximum atomic E-state index is 14.0. The van der Waals surface area contributed by atoms with Crippen molar-refractivity contribution in [3.8, 4) is 0 Å². The highest BCUT2D eigenvalue weighted by molar-refractivity contribution is 7.99. The molecule has 2 aliphatic rings. The molecule has 0 aromatic heterocycles. The van der Waals surface area contributed by atoms with Gasteiger partial charge in [-0.05, 0) is 139 Å². The van der Waals surface area contributed by atoms with Gasteiger partial charge in [0.2, 0.25) is 0 Å². The molecule has 0 N–H and O–H groups in total. The van der Waals surface area contributed by atoms with Crippen molar-refractivity contribution < 1.29 is 16.8 Å². The van der Waals surface area contributed by atoms with Crippen molar-refractivity contribution in [2.45, 2.75) is 141 Å². The number of rotatable bonds is 18. The summed E-state index contributed by atoms with van der Waals surface area (Å²) in [5.41, 5.74) is 9.68. The minimum atomic E-state index is -3.62. The molecule has 0 radical (unpaired) electrons. The summed E-state index contributed by atoms with van der Waals surface area (Å²) in [6.45, 7) is 21.6. The van der Waals surface area contributed by atoms with Crippen LogP contribution >= 0.6 is 11.8 Å². The normalized spacial score (nSPS) is 19.8. The van der Waals surface area contributed by atoms with E-state index in [1.807, 2.05) is 52.0 Å². The van der Waals surface area contributed by atoms with E-state index in [0.717, 1.165) is 59.5 Å². The average Bonchev–Trinajstić information content (AvgIpc) is 3.17. The molecule has 59 heavy (non-hydrogen) atoms. The maximum Gasteiger partial charge on any atom is 0.185 e. The summed E-state index contributed by atoms with van der Waals surface area (Å²) in [5.74, 6) is 1.44. The lowest BCUT2D eigenvalue weighted by atomic mass is 9.72. The molecule has 2 aromatic rings. The van der Waals surface area contributed by atoms with Gasteiger partial charge in [0, 0.05) is 11.5 Å². The Morgan fingerprint density at radius 1 is 0.610 bits per heavy atom. The molecular formula is C52H70O4S3. The number of sulfone groups is 2. The third-order valence-corrected chi connectivity index (χ3v) is 17.0. The van der Waals surface area contributed by atoms with Gasteiger partial charge in [-0.2, -0.15) is 11.8 Å². The van der Waals surface area contributed by atoms with Crippen molar-refractivity contribution >= 4 is 31.4 Å². The summed E-state index contributed by atoms with van der Waals surface area (Å²) >= 11 is 1.73. The van der Waals surface area contributed by atoms with E-state index in [-0.39, 0.29) is 10.8 Å². The lowest BCUT2D eigenvalue weighted by Gasteiger charge is -2.33. The van der Waals surface area contributed by atoms with Gasteiger partial charge < -0.3 is 0 Å². The van der Waals surface area contributed by atoms with E-state index in [1.165, 1.54) is 35.1 Å². The third kappa shape index (κ3) is 13.8. The average molecular weight is 855 g/mol. The summed E-state index contributed by atoms with van der Waals surface area (Å²) in [4.78, 5) is 0.671. The first-order valence-electron chi connectivity index (χ1n) is 21.3. The zero-order valence-electron chi connectivity index (χ0n) is 37.5. The first-order valence-corrected chi connectivity index (χ1v) is 25.6. The van der Waals surface area contributed by atoms with E-state index in [0.29, 0.717) is 22.6 Å². The van der Waals surface area contributed by atoms with Crippen LogP contribution in [0.5, 0.6) is 0 Å². The second-order valence-corrected chi connectivity index (χ2v) is 23.6. The summed E-state index contributed by atoms with van der Waals surface area (Å²) in [7, 11) is -7.25. The smallest absolute Gasteiger partial charge is 0.185 e. The predicted octanol–water partition coefficient (Wildman–Crippen LogP) is 14.1. The molecule has 0 aliphatic heterocycles. The zero-order valence-corrected chi connectivity index (χ0v) is 39.9. The molecule has 2 aliphatic carbocycles. The van der Waals surface area contributed by atoms with Crippen LogP contribution in [0.25, 0.3) is 0 Å². The van der Waals surface area contributed by atoms with Crippen LogP contribution in [0.2, 0.25) is 0 Å². The molecule has 0 saturated carbocycles. The minimum absolute atomic E-state index is 0.109. The Morgan fingerprint density at radius 2 is 0.966 bits per heavy atom. The van der Waals surface area contributed by atoms with Crippen LogP contribution in [0.3, 0.4) is 0 Å². The second kappa shape index (κ2) is 21.4. The summed E-state index contributed by atoms with van der Waals surface area (Å²) in [5, 5.41) is -1.39. The molecule has 2 aromatic carbocycles. The van der Waals surface area contributed by atoms with Crippen LogP contribution in [0.15, 0.2) is 164 Å². The Bertz CT molecular complexity index is 2060. The van der Waals surface area contributed by atoms with Crippen molar-refractivity contribution in [1.29, 1.82) is 0 Å². The SMILES string of the molecule is CC1=C(/C=C/C(C)=C/C(C/C(C)=C/CSC/C=C(\C)CC(/C=C(C)/C=C/C2=C(C)CCCC2(C)C)S(=O)(=O)c2ccccc2)S(=O)(=O)c2ccccc2)C(C)(C)CCC1. The maximum absolute atomic E-state index is 14.0. The summed E-state index contributed by atoms with van der Waals surface area (Å²) < 4.78 is 56.0. The Kier molecular flexibility index (Phi) is 17.5. The molecule has 0 fully saturated rings. The summed E-state index contributed by atoms with van der Waals surface area (Å²) in [6.07, 6.45) is 24.4. The number of hydrogen-bond donors (Lipinski definition) is 0. The fraction of sp³-hybridized carbons (Fsp3) is 0.462. The largest absolute Gasteiger partial charge is 0.223 e. The molecule has 4 rings (SSSR count). The van der Waals surface area contributed by atoms with E-state index in [1.54, 1.807) is 60.3 Å². The molecule has 320 valence electrons. The van der Waals surface area contributed by atoms with Gasteiger partial charge in [0.15, 0.2) is 19.7 Å². The topological polar surface area (TPSA) is 68.3 Å². The predicted molar refractivity (Wildman–Crippen MR) is 255 cm³/mol. The van der Waals surface area contributed by atoms with E-state index in [4.69, 9.17) is 0 Å². The van der Waals surface area contributed by atoms with E-state index < -0.39 is 30.2 Å². The molecule has 0 amide bonds. The van der Waals surface area contributed by atoms with Crippen molar-refractivity contribution in [3.63, 3.8) is 0 Å². The van der Waals surface area contributed by atoms with Gasteiger partial charge in [-0.3, -0.25) is 0 Å². The van der Waals surface area contributed by atoms with E-state index in [9.17, 15) is 16.8 Å². The van der Waals surface area contributed by atoms with Gasteiger partial charge in [-0.15, -0.1) is 0 Å². The fourth-order valence-electron chi connectivity index (χ4n) is 8.51. The van der Waals surface area contributed by atoms with Crippen molar-refractivity contribution in [2.75, 3.05) is 11.5 Å². The minimum Gasteiger partial charge on any atom is -0.223 e. The number of thioether (sulfide) groups is 1. The fourth-order valence-corrected chi connectivity index (χ4v) is 13.0. The molecule has 0 saturated heterocycles. The van der Waals surface area contributed by atoms with Crippen LogP contribution in [0, 0.1) is 10.8 Å². The van der Waals surface area contributed by atoms with Crippen LogP contribution in [0.1, 0.15) is 121 Å². The highest BCUT2D eigenvalue weighted by Crippen LogP contribution is 2.42. The second-order valence-electron chi connectivity index (χ2n) is 18.2. The molecule has 0 heterocycles. The Balaban J connectivity index is 1.47. The Morgan fingerprint density at radius 3 is 1.31 bits per heavy atom. The van der Waals surface area contributed by atoms with Crippen molar-refractivity contribution in [1.82, 2.24) is 0 Å². The standard InChI is InChI=1S/C52H70O4S3/c1-39(25-27-49-43(5)19-17-31-51(49,7)8)35-47(58(53,54)45-21-13-11-14-22-45)37-41(3)29-33-57-34-30-42(4)38-48(59(55,56)46-23-15-12-16-24-46)36-40(2)26-28-50-44(6)20-18-32-52(50,9)10/h11-16,21-30,35-36,47-48H,17-20,31-34,37-38H2,1-10H3/b27-25+,28-26+,39-35+,40-36+,41-29+,42-30+. The quantitative estimate of drug-likeness (QED) is 0.0849. The first-order chi connectivity index (χ1) is 27.7. The highest BCUT2D eigenvalue weighted by Gasteiger charge is 2.30. The van der Waals surface area contributed by atoms with Crippen LogP contribution in [0.4, 0.5) is 0 Å². The van der Waals surface area contributed by atoms with Gasteiger partial charge in [-0.25, -0.2) is 16.8 Å². The lowest BCUT2D eigenvalue weighted by Crippen LogP contribution is -2.20. The molecule has 4 nitrogen and oxygen atoms in total. The zero-order chi connectivity index (χ0) is 43.4. The monoisotopic (exact) mass is 854 g/mol. The molecule has 7 heteroatoms. The number of hydrogen-bond acceptors (Lipinski definition) is 5. The number of allylic oxidation sites excluding steroid dienone is 12. The van der Waals surface area contributed by atoms with E-state index >= 15 is 0 Å².